The number of ether oxygens (including phenoxy) is 8. The van der Waals surface area contributed by atoms with Gasteiger partial charge in [0.25, 0.3) is 0 Å². The standard InChI is InChI=1S/C84H96Cl2N10O26S/c1-34(2)21-48(89-7)75(107)95-65-67(102)40-15-18-52(46(85)23-40)117-54-25-42-26-55(71(54)122-82-72(69(104)68(103)56(33-97)119-82)121-60-31-84(6,74(106)36(4)116-60)90-32-37-10-12-38(13-11-37)57-9-8-20-123-57)118-53-19-16-41(24-47(53)86)70(120-59-30-83(5,88)73(105)35(3)115-59)66-80(112)94-64(81(113)114)45-27-43(98)28-51(100)61(45)44-22-39(14-17-50(44)99)62(77(109)96-66)93-78(110)63(42)92-76(108)49(29-58(87)101)91-79(65)111/h8-20,22-28,34-36,48-49,56,59-60,62-70,72-74,82,89-90,97-100,102-106H,21,29-33,88H2,1-7H3,(H2,87,101)(H,91,111)(H,92,108)(H,93,110)(H,94,112)(H,95,107)(H,96,109)(H,113,114)/t35-,36-,48+,49-,56+,59-,60-,62+,63+,64-,65+,66-,67+,68+,69-,70+,72+,73-,74-,82-,83-,84-/m0/s1. The van der Waals surface area contributed by atoms with Gasteiger partial charge >= 0.3 is 5.97 Å². The first kappa shape index (κ1) is 90.3. The first-order chi connectivity index (χ1) is 58.3. The SMILES string of the molecule is CN[C@H](CC(C)C)C(=O)N[C@H]1C(=O)N[C@@H](CC(N)=O)C(=O)N[C@H]2C(=O)N[C@H]3C(=O)N[C@H](C(=O)N[C@H](C(=O)O)c4cc(O)cc(O)c4-c4cc3ccc4O)[C@H](O[C@H]3C[C@](C)(N)[C@@H](O)[C@H](C)O3)c3ccc(c(Cl)c3)Oc3cc2cc(c3O[C@@H]2O[C@H](CO)[C@@H](O)[C@H](O)[C@H]2O[C@H]2C[C@](C)(NCc3ccc(-c4cccs4)cc3)[C@@H](O)[C@H](C)O2)Oc2ccc(cc2Cl)[C@H]1O. The lowest BCUT2D eigenvalue weighted by atomic mass is 9.84. The van der Waals surface area contributed by atoms with Gasteiger partial charge < -0.3 is 143 Å². The molecule has 8 aliphatic heterocycles. The number of hydrogen-bond acceptors (Lipinski definition) is 29. The van der Waals surface area contributed by atoms with Gasteiger partial charge in [0, 0.05) is 58.1 Å². The van der Waals surface area contributed by atoms with Gasteiger partial charge in [-0.3, -0.25) is 33.6 Å². The number of aliphatic hydroxyl groups excluding tert-OH is 6. The number of fused-ring (bicyclic) bond motifs is 15. The number of carboxylic acids is 1. The van der Waals surface area contributed by atoms with E-state index in [-0.39, 0.29) is 59.2 Å². The number of carbonyl (C=O) groups is 8. The number of benzene rings is 6. The van der Waals surface area contributed by atoms with Crippen LogP contribution in [0.5, 0.6) is 46.0 Å². The zero-order chi connectivity index (χ0) is 88.7. The Labute approximate surface area is 717 Å². The summed E-state index contributed by atoms with van der Waals surface area (Å²) in [5.74, 6) is -16.1. The molecule has 22 atom stereocenters. The Kier molecular flexibility index (Phi) is 27.3. The summed E-state index contributed by atoms with van der Waals surface area (Å²) < 4.78 is 52.9. The first-order valence-electron chi connectivity index (χ1n) is 39.4. The van der Waals surface area contributed by atoms with Crippen molar-refractivity contribution in [2.45, 2.75) is 207 Å². The number of likely N-dealkylation sites (N-methyl/N-ethyl adjacent to an activating group) is 1. The Hall–Kier alpha value is -10.4. The van der Waals surface area contributed by atoms with Crippen LogP contribution in [0.1, 0.15) is 131 Å². The molecule has 22 N–H and O–H groups in total. The number of primary amides is 1. The van der Waals surface area contributed by atoms with Gasteiger partial charge in [0.1, 0.15) is 89.5 Å². The van der Waals surface area contributed by atoms with Crippen molar-refractivity contribution in [2.24, 2.45) is 17.4 Å². The van der Waals surface area contributed by atoms with Crippen LogP contribution in [-0.4, -0.2) is 215 Å². The lowest BCUT2D eigenvalue weighted by Gasteiger charge is -2.48. The van der Waals surface area contributed by atoms with E-state index < -0.39 is 261 Å². The molecule has 658 valence electrons. The van der Waals surface area contributed by atoms with Crippen LogP contribution in [0.15, 0.2) is 121 Å². The van der Waals surface area contributed by atoms with E-state index in [1.807, 2.05) is 55.6 Å². The summed E-state index contributed by atoms with van der Waals surface area (Å²) in [5, 5.41) is 139. The molecule has 8 aliphatic rings. The van der Waals surface area contributed by atoms with E-state index in [0.717, 1.165) is 64.5 Å². The van der Waals surface area contributed by atoms with Gasteiger partial charge in [-0.05, 0) is 147 Å². The molecule has 123 heavy (non-hydrogen) atoms. The molecule has 0 unspecified atom stereocenters. The number of amides is 7. The van der Waals surface area contributed by atoms with Crippen molar-refractivity contribution >= 4 is 81.9 Å². The molecule has 6 aromatic carbocycles. The molecule has 3 saturated heterocycles. The van der Waals surface area contributed by atoms with Crippen LogP contribution in [0.4, 0.5) is 0 Å². The largest absolute Gasteiger partial charge is 0.508 e. The van der Waals surface area contributed by atoms with E-state index in [0.29, 0.717) is 0 Å². The highest BCUT2D eigenvalue weighted by Gasteiger charge is 2.53. The van der Waals surface area contributed by atoms with Crippen LogP contribution in [0.2, 0.25) is 10.0 Å². The second-order valence-electron chi connectivity index (χ2n) is 32.2. The third-order valence-corrected chi connectivity index (χ3v) is 24.1. The molecular formula is C84H96Cl2N10O26S. The van der Waals surface area contributed by atoms with Gasteiger partial charge in [0.2, 0.25) is 53.4 Å². The number of carboxylic acid groups (broad SMARTS) is 1. The first-order valence-corrected chi connectivity index (χ1v) is 41.1. The molecule has 3 fully saturated rings. The number of aliphatic carboxylic acids is 1. The van der Waals surface area contributed by atoms with Gasteiger partial charge in [0.05, 0.1) is 53.5 Å². The predicted molar refractivity (Wildman–Crippen MR) is 438 cm³/mol. The average Bonchev–Trinajstić information content (AvgIpc) is 0.984. The molecule has 7 amide bonds. The third kappa shape index (κ3) is 19.6. The van der Waals surface area contributed by atoms with E-state index in [4.69, 9.17) is 72.6 Å². The Balaban J connectivity index is 1.02. The second kappa shape index (κ2) is 37.2. The lowest BCUT2D eigenvalue weighted by molar-refractivity contribution is -0.334. The van der Waals surface area contributed by atoms with Crippen molar-refractivity contribution in [1.82, 2.24) is 42.5 Å². The van der Waals surface area contributed by atoms with Crippen LogP contribution in [-0.2, 0) is 68.6 Å². The number of aliphatic hydroxyl groups is 6. The van der Waals surface area contributed by atoms with E-state index in [9.17, 15) is 65.4 Å². The van der Waals surface area contributed by atoms with E-state index in [1.54, 1.807) is 25.2 Å². The number of halogens is 2. The van der Waals surface area contributed by atoms with Crippen molar-refractivity contribution in [3.8, 4) is 67.6 Å². The fourth-order valence-electron chi connectivity index (χ4n) is 15.9. The van der Waals surface area contributed by atoms with Gasteiger partial charge in [-0.15, -0.1) is 11.3 Å². The lowest BCUT2D eigenvalue weighted by Crippen LogP contribution is -2.65. The van der Waals surface area contributed by atoms with Crippen LogP contribution in [0.25, 0.3) is 21.6 Å². The normalized spacial score (nSPS) is 30.1. The molecule has 0 aliphatic carbocycles. The van der Waals surface area contributed by atoms with Crippen molar-refractivity contribution < 1.29 is 127 Å². The minimum Gasteiger partial charge on any atom is -0.508 e. The number of carbonyl (C=O) groups excluding carboxylic acids is 7. The highest BCUT2D eigenvalue weighted by molar-refractivity contribution is 7.13. The van der Waals surface area contributed by atoms with Crippen molar-refractivity contribution in [1.29, 1.82) is 0 Å². The van der Waals surface area contributed by atoms with Crippen molar-refractivity contribution in [3.63, 3.8) is 0 Å². The fourth-order valence-corrected chi connectivity index (χ4v) is 17.1. The monoisotopic (exact) mass is 1760 g/mol. The molecule has 0 radical (unpaired) electrons. The quantitative estimate of drug-likeness (QED) is 0.0546. The topological polar surface area (TPSA) is 561 Å². The molecular weight excluding hydrogens is 1670 g/mol. The third-order valence-electron chi connectivity index (χ3n) is 22.6. The molecule has 1 aromatic heterocycles. The summed E-state index contributed by atoms with van der Waals surface area (Å²) in [6.07, 6.45) is -22.8. The molecule has 7 aromatic rings. The van der Waals surface area contributed by atoms with Gasteiger partial charge in [-0.25, -0.2) is 4.79 Å². The smallest absolute Gasteiger partial charge is 0.330 e. The van der Waals surface area contributed by atoms with Crippen molar-refractivity contribution in [2.75, 3.05) is 13.7 Å². The van der Waals surface area contributed by atoms with Crippen LogP contribution in [0.3, 0.4) is 0 Å². The predicted octanol–water partition coefficient (Wildman–Crippen LogP) is 3.90. The number of phenolic OH excluding ortho intramolecular Hbond substituents is 3. The second-order valence-corrected chi connectivity index (χ2v) is 34.0. The number of rotatable bonds is 19. The zero-order valence-electron chi connectivity index (χ0n) is 67.2. The molecule has 39 heteroatoms. The van der Waals surface area contributed by atoms with Gasteiger partial charge in [-0.2, -0.15) is 0 Å². The summed E-state index contributed by atoms with van der Waals surface area (Å²) in [6, 6.07) is 11.4. The van der Waals surface area contributed by atoms with Crippen molar-refractivity contribution in [3.05, 3.63) is 164 Å². The Morgan fingerprint density at radius 1 is 0.675 bits per heavy atom. The summed E-state index contributed by atoms with van der Waals surface area (Å²) >= 11 is 16.2. The van der Waals surface area contributed by atoms with E-state index in [1.165, 1.54) is 51.2 Å². The highest BCUT2D eigenvalue weighted by atomic mass is 35.5. The number of aromatic hydroxyl groups is 3. The minimum absolute atomic E-state index is 0.116. The van der Waals surface area contributed by atoms with E-state index >= 15 is 24.0 Å². The molecule has 11 bridgehead atoms. The summed E-state index contributed by atoms with van der Waals surface area (Å²) in [4.78, 5) is 122. The average molecular weight is 1760 g/mol. The zero-order valence-corrected chi connectivity index (χ0v) is 69.6. The maximum atomic E-state index is 16.5. The number of nitrogens with two attached hydrogens (primary N) is 2. The molecule has 0 saturated carbocycles. The minimum atomic E-state index is -2.39. The molecule has 0 spiro atoms. The summed E-state index contributed by atoms with van der Waals surface area (Å²) in [7, 11) is 1.48. The number of hydrogen-bond donors (Lipinski definition) is 20. The van der Waals surface area contributed by atoms with Gasteiger partial charge in [-0.1, -0.05) is 85.6 Å². The summed E-state index contributed by atoms with van der Waals surface area (Å²) in [6.45, 7) is 9.13. The highest BCUT2D eigenvalue weighted by Crippen LogP contribution is 2.51. The number of nitrogens with one attached hydrogen (secondary N) is 8. The van der Waals surface area contributed by atoms with Gasteiger partial charge in [0.15, 0.2) is 36.2 Å². The number of thiophene rings is 1. The fraction of sp³-hybridized carbons (Fsp3) is 0.429. The Morgan fingerprint density at radius 2 is 1.30 bits per heavy atom. The van der Waals surface area contributed by atoms with Crippen LogP contribution in [0, 0.1) is 5.92 Å². The maximum absolute atomic E-state index is 16.5. The van der Waals surface area contributed by atoms with Crippen LogP contribution >= 0.6 is 34.5 Å². The maximum Gasteiger partial charge on any atom is 0.330 e. The Morgan fingerprint density at radius 3 is 1.92 bits per heavy atom. The van der Waals surface area contributed by atoms with E-state index in [2.05, 4.69) is 42.5 Å². The molecule has 36 nitrogen and oxygen atoms in total. The molecule has 15 rings (SSSR count). The Bertz CT molecular complexity index is 5150. The van der Waals surface area contributed by atoms with Crippen LogP contribution < -0.4 is 68.2 Å². The summed E-state index contributed by atoms with van der Waals surface area (Å²) in [5.41, 5.74) is 8.86. The number of phenols is 3. The molecule has 9 heterocycles.